The summed E-state index contributed by atoms with van der Waals surface area (Å²) in [5, 5.41) is 2.56. The highest BCUT2D eigenvalue weighted by atomic mass is 15.2. The van der Waals surface area contributed by atoms with Crippen molar-refractivity contribution in [1.82, 2.24) is 4.57 Å². The first-order valence-corrected chi connectivity index (χ1v) is 20.0. The van der Waals surface area contributed by atoms with Crippen LogP contribution in [0.5, 0.6) is 0 Å². The SMILES string of the molecule is c1cc(-c2ccccc2N2c3ccccc3C3(c4ccccc42)C2CC4CC(C2)CC3C4)cc(-c2ccccc2-n2c3ccccc3c3ccccc32)c1. The van der Waals surface area contributed by atoms with Crippen LogP contribution in [0, 0.1) is 23.7 Å². The van der Waals surface area contributed by atoms with Crippen molar-refractivity contribution in [3.8, 4) is 27.9 Å². The van der Waals surface area contributed by atoms with Gasteiger partial charge >= 0.3 is 0 Å². The van der Waals surface area contributed by atoms with Gasteiger partial charge in [0.2, 0.25) is 0 Å². The van der Waals surface area contributed by atoms with E-state index in [9.17, 15) is 0 Å². The number of rotatable bonds is 4. The maximum Gasteiger partial charge on any atom is 0.0541 e. The van der Waals surface area contributed by atoms with Gasteiger partial charge in [-0.15, -0.1) is 0 Å². The molecule has 0 atom stereocenters. The molecule has 0 saturated heterocycles. The fraction of sp³-hybridized carbons (Fsp3) is 0.192. The lowest BCUT2D eigenvalue weighted by atomic mass is 9.41. The Morgan fingerprint density at radius 2 is 0.833 bits per heavy atom. The zero-order valence-corrected chi connectivity index (χ0v) is 30.4. The number of nitrogens with zero attached hydrogens (tertiary/aromatic N) is 2. The minimum Gasteiger partial charge on any atom is -0.309 e. The van der Waals surface area contributed by atoms with Crippen LogP contribution >= 0.6 is 0 Å². The van der Waals surface area contributed by atoms with E-state index in [1.807, 2.05) is 0 Å². The third kappa shape index (κ3) is 4.17. The zero-order valence-electron chi connectivity index (χ0n) is 30.4. The van der Waals surface area contributed by atoms with Crippen molar-refractivity contribution in [2.75, 3.05) is 4.90 Å². The average molecular weight is 695 g/mol. The first kappa shape index (κ1) is 30.6. The predicted molar refractivity (Wildman–Crippen MR) is 224 cm³/mol. The van der Waals surface area contributed by atoms with Gasteiger partial charge < -0.3 is 9.47 Å². The molecule has 5 aliphatic rings. The average Bonchev–Trinajstić information content (AvgIpc) is 3.56. The summed E-state index contributed by atoms with van der Waals surface area (Å²) >= 11 is 0. The Hall–Kier alpha value is -5.86. The fourth-order valence-corrected chi connectivity index (χ4v) is 12.2. The molecule has 54 heavy (non-hydrogen) atoms. The van der Waals surface area contributed by atoms with Crippen LogP contribution in [-0.2, 0) is 5.41 Å². The van der Waals surface area contributed by atoms with E-state index in [2.05, 4.69) is 179 Å². The number of fused-ring (bicyclic) bond motifs is 5. The molecule has 260 valence electrons. The Bertz CT molecular complexity index is 2640. The third-order valence-corrected chi connectivity index (χ3v) is 14.0. The first-order chi connectivity index (χ1) is 26.8. The quantitative estimate of drug-likeness (QED) is 0.178. The molecule has 1 spiro atoms. The van der Waals surface area contributed by atoms with E-state index in [4.69, 9.17) is 0 Å². The Morgan fingerprint density at radius 3 is 1.41 bits per heavy atom. The number of benzene rings is 7. The van der Waals surface area contributed by atoms with Gasteiger partial charge in [0.25, 0.3) is 0 Å². The van der Waals surface area contributed by atoms with Gasteiger partial charge in [0, 0.05) is 27.3 Å². The van der Waals surface area contributed by atoms with E-state index in [-0.39, 0.29) is 5.41 Å². The summed E-state index contributed by atoms with van der Waals surface area (Å²) in [7, 11) is 0. The molecular weight excluding hydrogens is 653 g/mol. The second-order valence-corrected chi connectivity index (χ2v) is 16.5. The Morgan fingerprint density at radius 1 is 0.389 bits per heavy atom. The van der Waals surface area contributed by atoms with Crippen LogP contribution in [0.2, 0.25) is 0 Å². The van der Waals surface area contributed by atoms with Crippen LogP contribution in [0.25, 0.3) is 49.7 Å². The fourth-order valence-electron chi connectivity index (χ4n) is 12.2. The molecule has 0 N–H and O–H groups in total. The Kier molecular flexibility index (Phi) is 6.55. The molecule has 1 aromatic heterocycles. The molecule has 0 unspecified atom stereocenters. The van der Waals surface area contributed by atoms with Gasteiger partial charge in [-0.3, -0.25) is 0 Å². The molecule has 4 fully saturated rings. The lowest BCUT2D eigenvalue weighted by molar-refractivity contribution is -0.0419. The zero-order chi connectivity index (χ0) is 35.4. The molecule has 8 aromatic rings. The summed E-state index contributed by atoms with van der Waals surface area (Å²) in [5.74, 6) is 3.28. The van der Waals surface area contributed by atoms with Gasteiger partial charge in [0.05, 0.1) is 33.8 Å². The van der Waals surface area contributed by atoms with Crippen molar-refractivity contribution in [2.24, 2.45) is 23.7 Å². The van der Waals surface area contributed by atoms with E-state index < -0.39 is 0 Å². The molecule has 4 bridgehead atoms. The number of para-hydroxylation sites is 6. The van der Waals surface area contributed by atoms with Gasteiger partial charge in [-0.2, -0.15) is 0 Å². The van der Waals surface area contributed by atoms with E-state index in [1.54, 1.807) is 11.1 Å². The molecule has 13 rings (SSSR count). The summed E-state index contributed by atoms with van der Waals surface area (Å²) in [6.07, 6.45) is 7.00. The smallest absolute Gasteiger partial charge is 0.0541 e. The Balaban J connectivity index is 1.02. The lowest BCUT2D eigenvalue weighted by Crippen LogP contribution is -2.57. The summed E-state index contributed by atoms with van der Waals surface area (Å²) in [4.78, 5) is 2.61. The number of aromatic nitrogens is 1. The predicted octanol–water partition coefficient (Wildman–Crippen LogP) is 13.6. The first-order valence-electron chi connectivity index (χ1n) is 20.0. The van der Waals surface area contributed by atoms with Crippen LogP contribution in [0.4, 0.5) is 17.1 Å². The Labute approximate surface area is 317 Å². The molecule has 2 nitrogen and oxygen atoms in total. The van der Waals surface area contributed by atoms with E-state index in [0.717, 1.165) is 23.7 Å². The molecule has 0 amide bonds. The number of hydrogen-bond acceptors (Lipinski definition) is 1. The van der Waals surface area contributed by atoms with Crippen LogP contribution in [0.3, 0.4) is 0 Å². The highest BCUT2D eigenvalue weighted by Crippen LogP contribution is 2.69. The van der Waals surface area contributed by atoms with Gasteiger partial charge in [0.1, 0.15) is 0 Å². The van der Waals surface area contributed by atoms with Crippen LogP contribution < -0.4 is 4.90 Å². The monoisotopic (exact) mass is 694 g/mol. The topological polar surface area (TPSA) is 8.17 Å². The molecule has 4 aliphatic carbocycles. The second kappa shape index (κ2) is 11.6. The van der Waals surface area contributed by atoms with E-state index in [1.165, 1.54) is 98.9 Å². The third-order valence-electron chi connectivity index (χ3n) is 14.0. The minimum absolute atomic E-state index is 0.0997. The van der Waals surface area contributed by atoms with Crippen LogP contribution in [0.1, 0.15) is 43.2 Å². The van der Waals surface area contributed by atoms with Gasteiger partial charge in [-0.25, -0.2) is 0 Å². The molecular formula is C52H42N2. The minimum atomic E-state index is 0.0997. The summed E-state index contributed by atoms with van der Waals surface area (Å²) < 4.78 is 2.45. The summed E-state index contributed by atoms with van der Waals surface area (Å²) in [6, 6.07) is 63.8. The standard InChI is InChI=1S/C52H42N2/c1-7-22-46(53-48-24-9-3-18-42(48)43-19-4-10-25-49(43)53)40(16-1)36-14-13-15-37(33-36)41-17-2-8-23-47(41)54-50-26-11-5-20-44(50)52(45-21-6-12-27-51(45)54)38-29-34-28-35(31-38)32-39(52)30-34/h1-27,33-35,38-39H,28-32H2. The van der Waals surface area contributed by atoms with Crippen molar-refractivity contribution in [3.05, 3.63) is 181 Å². The van der Waals surface area contributed by atoms with Crippen LogP contribution in [-0.4, -0.2) is 4.57 Å². The number of anilines is 3. The van der Waals surface area contributed by atoms with E-state index in [0.29, 0.717) is 0 Å². The highest BCUT2D eigenvalue weighted by molar-refractivity contribution is 6.09. The van der Waals surface area contributed by atoms with Crippen molar-refractivity contribution < 1.29 is 0 Å². The summed E-state index contributed by atoms with van der Waals surface area (Å²) in [6.45, 7) is 0. The maximum absolute atomic E-state index is 2.61. The molecule has 0 radical (unpaired) electrons. The number of hydrogen-bond donors (Lipinski definition) is 0. The van der Waals surface area contributed by atoms with Crippen molar-refractivity contribution >= 4 is 38.9 Å². The van der Waals surface area contributed by atoms with Gasteiger partial charge in [0.15, 0.2) is 0 Å². The maximum atomic E-state index is 2.61. The van der Waals surface area contributed by atoms with Crippen molar-refractivity contribution in [1.29, 1.82) is 0 Å². The van der Waals surface area contributed by atoms with Crippen molar-refractivity contribution in [2.45, 2.75) is 37.5 Å². The van der Waals surface area contributed by atoms with E-state index >= 15 is 0 Å². The lowest BCUT2D eigenvalue weighted by Gasteiger charge is -2.64. The molecule has 2 heterocycles. The summed E-state index contributed by atoms with van der Waals surface area (Å²) in [5.41, 5.74) is 15.7. The van der Waals surface area contributed by atoms with Crippen LogP contribution in [0.15, 0.2) is 170 Å². The highest BCUT2D eigenvalue weighted by Gasteiger charge is 2.61. The largest absolute Gasteiger partial charge is 0.309 e. The normalized spacial score (nSPS) is 21.8. The molecule has 7 aromatic carbocycles. The molecule has 1 aliphatic heterocycles. The molecule has 4 saturated carbocycles. The van der Waals surface area contributed by atoms with Gasteiger partial charge in [-0.05, 0) is 120 Å². The van der Waals surface area contributed by atoms with Gasteiger partial charge in [-0.1, -0.05) is 127 Å². The second-order valence-electron chi connectivity index (χ2n) is 16.5. The molecule has 2 heteroatoms. The van der Waals surface area contributed by atoms with Crippen molar-refractivity contribution in [3.63, 3.8) is 0 Å².